The zero-order valence-electron chi connectivity index (χ0n) is 18.5. The summed E-state index contributed by atoms with van der Waals surface area (Å²) in [6, 6.07) is 5.17. The third-order valence-electron chi connectivity index (χ3n) is 5.95. The fourth-order valence-electron chi connectivity index (χ4n) is 4.11. The Morgan fingerprint density at radius 2 is 2.21 bits per heavy atom. The minimum atomic E-state index is -0.700. The number of carbonyl (C=O) groups excluding carboxylic acids is 2. The molecule has 170 valence electrons. The van der Waals surface area contributed by atoms with Crippen molar-refractivity contribution in [2.75, 3.05) is 25.5 Å². The predicted octanol–water partition coefficient (Wildman–Crippen LogP) is 4.46. The van der Waals surface area contributed by atoms with Crippen LogP contribution in [0.1, 0.15) is 46.9 Å². The van der Waals surface area contributed by atoms with Gasteiger partial charge in [-0.1, -0.05) is 30.7 Å². The van der Waals surface area contributed by atoms with Crippen molar-refractivity contribution in [3.8, 4) is 0 Å². The molecule has 0 saturated heterocycles. The molecule has 2 aromatic rings. The second kappa shape index (κ2) is 9.71. The largest absolute Gasteiger partial charge is 0.355 e. The molecule has 0 aliphatic carbocycles. The summed E-state index contributed by atoms with van der Waals surface area (Å²) in [6.07, 6.45) is 7.24. The number of hydrogen-bond acceptors (Lipinski definition) is 5. The number of hydrogen-bond donors (Lipinski definition) is 2. The Labute approximate surface area is 196 Å². The van der Waals surface area contributed by atoms with E-state index in [1.807, 2.05) is 37.3 Å². The lowest BCUT2D eigenvalue weighted by molar-refractivity contribution is 0.0959. The summed E-state index contributed by atoms with van der Waals surface area (Å²) in [4.78, 5) is 29.8. The fourth-order valence-corrected chi connectivity index (χ4v) is 4.39. The minimum absolute atomic E-state index is 0.0284. The highest BCUT2D eigenvalue weighted by Gasteiger charge is 2.21. The summed E-state index contributed by atoms with van der Waals surface area (Å²) in [5.74, 6) is 0.765. The minimum Gasteiger partial charge on any atom is -0.355 e. The molecular formula is C25H24ClFN4O2. The molecule has 1 aromatic carbocycles. The quantitative estimate of drug-likeness (QED) is 0.636. The van der Waals surface area contributed by atoms with E-state index >= 15 is 0 Å². The summed E-state index contributed by atoms with van der Waals surface area (Å²) in [7, 11) is 1.45. The molecule has 8 heteroatoms. The van der Waals surface area contributed by atoms with E-state index in [1.165, 1.54) is 13.1 Å². The fraction of sp³-hybridized carbons (Fsp3) is 0.280. The molecule has 2 aliphatic heterocycles. The Kier molecular flexibility index (Phi) is 6.75. The molecule has 0 radical (unpaired) electrons. The van der Waals surface area contributed by atoms with Crippen LogP contribution in [-0.2, 0) is 11.3 Å². The summed E-state index contributed by atoms with van der Waals surface area (Å²) in [6.45, 7) is 4.12. The van der Waals surface area contributed by atoms with Crippen molar-refractivity contribution in [1.82, 2.24) is 15.2 Å². The number of pyridine rings is 1. The maximum Gasteiger partial charge on any atom is 0.254 e. The molecule has 0 bridgehead atoms. The number of benzene rings is 1. The van der Waals surface area contributed by atoms with Crippen molar-refractivity contribution in [3.05, 3.63) is 75.0 Å². The number of fused-ring (bicyclic) bond motifs is 1. The van der Waals surface area contributed by atoms with Gasteiger partial charge in [-0.2, -0.15) is 0 Å². The first-order chi connectivity index (χ1) is 15.9. The van der Waals surface area contributed by atoms with E-state index in [-0.39, 0.29) is 10.6 Å². The Morgan fingerprint density at radius 1 is 1.39 bits per heavy atom. The molecule has 0 saturated carbocycles. The van der Waals surface area contributed by atoms with Gasteiger partial charge in [0, 0.05) is 32.9 Å². The summed E-state index contributed by atoms with van der Waals surface area (Å²) in [5, 5.41) is 5.52. The van der Waals surface area contributed by atoms with Crippen LogP contribution >= 0.6 is 11.6 Å². The lowest BCUT2D eigenvalue weighted by atomic mass is 9.97. The van der Waals surface area contributed by atoms with Gasteiger partial charge < -0.3 is 10.6 Å². The SMILES string of the molecule is CCC1=Cc2ncc(CN3CC=C(c4ccc(C(=O)NC)c(F)c4Cl)CC3)cc2NC1=C=O. The first kappa shape index (κ1) is 22.9. The smallest absolute Gasteiger partial charge is 0.254 e. The first-order valence-corrected chi connectivity index (χ1v) is 11.2. The predicted molar refractivity (Wildman–Crippen MR) is 128 cm³/mol. The van der Waals surface area contributed by atoms with E-state index in [0.29, 0.717) is 30.8 Å². The lowest BCUT2D eigenvalue weighted by Gasteiger charge is -2.27. The standard InChI is InChI=1S/C25H24ClFN4O2/c1-3-16-11-20-21(30-22(16)14-32)10-15(12-29-20)13-31-8-6-17(7-9-31)18-4-5-19(25(33)28-2)24(27)23(18)26/h4-6,10-12,30H,3,7-9,13H2,1-2H3,(H,28,33). The van der Waals surface area contributed by atoms with Crippen LogP contribution in [0, 0.1) is 5.82 Å². The van der Waals surface area contributed by atoms with Crippen LogP contribution in [0.25, 0.3) is 11.6 Å². The van der Waals surface area contributed by atoms with Crippen LogP contribution in [0.5, 0.6) is 0 Å². The van der Waals surface area contributed by atoms with E-state index in [1.54, 1.807) is 6.07 Å². The Hall–Kier alpha value is -3.25. The zero-order valence-corrected chi connectivity index (χ0v) is 19.2. The maximum atomic E-state index is 14.6. The number of carbonyl (C=O) groups is 1. The normalized spacial score (nSPS) is 15.7. The molecule has 0 fully saturated rings. The number of aromatic nitrogens is 1. The molecule has 0 unspecified atom stereocenters. The van der Waals surface area contributed by atoms with Crippen LogP contribution < -0.4 is 10.6 Å². The van der Waals surface area contributed by atoms with Gasteiger partial charge in [0.05, 0.1) is 22.0 Å². The van der Waals surface area contributed by atoms with Crippen LogP contribution in [0.3, 0.4) is 0 Å². The van der Waals surface area contributed by atoms with E-state index < -0.39 is 11.7 Å². The zero-order chi connectivity index (χ0) is 23.5. The van der Waals surface area contributed by atoms with Crippen molar-refractivity contribution >= 4 is 40.8 Å². The molecule has 6 nitrogen and oxygen atoms in total. The third kappa shape index (κ3) is 4.62. The molecule has 33 heavy (non-hydrogen) atoms. The number of nitrogens with one attached hydrogen (secondary N) is 2. The van der Waals surface area contributed by atoms with Gasteiger partial charge in [0.1, 0.15) is 5.70 Å². The molecule has 2 N–H and O–H groups in total. The molecule has 2 aliphatic rings. The summed E-state index contributed by atoms with van der Waals surface area (Å²) < 4.78 is 14.6. The first-order valence-electron chi connectivity index (χ1n) is 10.8. The Bertz CT molecular complexity index is 1230. The average Bonchev–Trinajstić information content (AvgIpc) is 2.84. The number of anilines is 1. The summed E-state index contributed by atoms with van der Waals surface area (Å²) >= 11 is 6.25. The second-order valence-electron chi connectivity index (χ2n) is 7.98. The topological polar surface area (TPSA) is 74.3 Å². The van der Waals surface area contributed by atoms with Gasteiger partial charge in [-0.15, -0.1) is 0 Å². The molecule has 1 amide bonds. The molecule has 4 rings (SSSR count). The lowest BCUT2D eigenvalue weighted by Crippen LogP contribution is -2.28. The van der Waals surface area contributed by atoms with Gasteiger partial charge in [0.15, 0.2) is 11.8 Å². The Morgan fingerprint density at radius 3 is 2.88 bits per heavy atom. The van der Waals surface area contributed by atoms with Crippen molar-refractivity contribution in [3.63, 3.8) is 0 Å². The molecule has 3 heterocycles. The van der Waals surface area contributed by atoms with Crippen molar-refractivity contribution < 1.29 is 14.0 Å². The highest BCUT2D eigenvalue weighted by molar-refractivity contribution is 6.33. The number of nitrogens with zero attached hydrogens (tertiary/aromatic N) is 2. The highest BCUT2D eigenvalue weighted by Crippen LogP contribution is 2.33. The van der Waals surface area contributed by atoms with E-state index in [0.717, 1.165) is 41.1 Å². The number of allylic oxidation sites excluding steroid dienone is 1. The van der Waals surface area contributed by atoms with Crippen molar-refractivity contribution in [2.45, 2.75) is 26.3 Å². The van der Waals surface area contributed by atoms with Crippen LogP contribution in [0.4, 0.5) is 10.1 Å². The van der Waals surface area contributed by atoms with Gasteiger partial charge in [0.2, 0.25) is 0 Å². The number of amides is 1. The average molecular weight is 467 g/mol. The van der Waals surface area contributed by atoms with Crippen LogP contribution in [0.2, 0.25) is 5.02 Å². The van der Waals surface area contributed by atoms with Gasteiger partial charge >= 0.3 is 0 Å². The molecule has 0 atom stereocenters. The monoisotopic (exact) mass is 466 g/mol. The molecule has 1 aromatic heterocycles. The second-order valence-corrected chi connectivity index (χ2v) is 8.36. The van der Waals surface area contributed by atoms with Crippen LogP contribution in [0.15, 0.2) is 41.7 Å². The van der Waals surface area contributed by atoms with E-state index in [9.17, 15) is 14.0 Å². The van der Waals surface area contributed by atoms with E-state index in [4.69, 9.17) is 11.6 Å². The van der Waals surface area contributed by atoms with E-state index in [2.05, 4.69) is 20.5 Å². The molecule has 0 spiro atoms. The molecular weight excluding hydrogens is 443 g/mol. The number of halogens is 2. The van der Waals surface area contributed by atoms with Crippen molar-refractivity contribution in [2.24, 2.45) is 0 Å². The van der Waals surface area contributed by atoms with Gasteiger partial charge in [-0.25, -0.2) is 9.18 Å². The Balaban J connectivity index is 1.48. The number of rotatable bonds is 5. The third-order valence-corrected chi connectivity index (χ3v) is 6.32. The van der Waals surface area contributed by atoms with Gasteiger partial charge in [-0.05, 0) is 53.3 Å². The van der Waals surface area contributed by atoms with Crippen molar-refractivity contribution in [1.29, 1.82) is 0 Å². The maximum absolute atomic E-state index is 14.6. The summed E-state index contributed by atoms with van der Waals surface area (Å²) in [5.41, 5.74) is 5.50. The van der Waals surface area contributed by atoms with Gasteiger partial charge in [0.25, 0.3) is 5.91 Å². The van der Waals surface area contributed by atoms with Gasteiger partial charge in [-0.3, -0.25) is 14.7 Å². The van der Waals surface area contributed by atoms with Crippen LogP contribution in [-0.4, -0.2) is 41.9 Å². The highest BCUT2D eigenvalue weighted by atomic mass is 35.5.